The number of fused-ring (bicyclic) bond motifs is 5. The van der Waals surface area contributed by atoms with Gasteiger partial charge >= 0.3 is 0 Å². The molecule has 3 heterocycles. The molecule has 2 bridgehead atoms. The Hall–Kier alpha value is -2.68. The maximum Gasteiger partial charge on any atom is 0.227 e. The van der Waals surface area contributed by atoms with Crippen molar-refractivity contribution < 1.29 is 13.1 Å². The van der Waals surface area contributed by atoms with Gasteiger partial charge in [0.1, 0.15) is 7.05 Å². The van der Waals surface area contributed by atoms with Crippen LogP contribution in [-0.2, 0) is 13.4 Å². The first-order chi connectivity index (χ1) is 16.9. The smallest absolute Gasteiger partial charge is 0.227 e. The van der Waals surface area contributed by atoms with E-state index >= 15 is 0 Å². The number of rotatable bonds is 3. The summed E-state index contributed by atoms with van der Waals surface area (Å²) < 4.78 is 35.4. The lowest BCUT2D eigenvalue weighted by molar-refractivity contribution is -0.660. The molecule has 170 valence electrons. The van der Waals surface area contributed by atoms with E-state index in [2.05, 4.69) is 25.1 Å². The number of furan rings is 1. The molecule has 3 unspecified atom stereocenters. The minimum Gasteiger partial charge on any atom is -0.437 e. The Bertz CT molecular complexity index is 1520. The largest absolute Gasteiger partial charge is 0.437 e. The quantitative estimate of drug-likeness (QED) is 0.312. The fourth-order valence-electron chi connectivity index (χ4n) is 6.01. The van der Waals surface area contributed by atoms with E-state index in [0.717, 1.165) is 58.1 Å². The molecule has 3 nitrogen and oxygen atoms in total. The van der Waals surface area contributed by atoms with E-state index in [0.29, 0.717) is 23.1 Å². The molecule has 0 N–H and O–H groups in total. The number of hydrogen-bond acceptors (Lipinski definition) is 2. The zero-order valence-electron chi connectivity index (χ0n) is 23.3. The van der Waals surface area contributed by atoms with Gasteiger partial charge in [0, 0.05) is 38.6 Å². The van der Waals surface area contributed by atoms with Gasteiger partial charge in [-0.2, -0.15) is 0 Å². The highest BCUT2D eigenvalue weighted by atomic mass is 16.3. The van der Waals surface area contributed by atoms with Gasteiger partial charge in [-0.25, -0.2) is 9.55 Å². The second-order valence-electron chi connectivity index (χ2n) is 11.2. The van der Waals surface area contributed by atoms with E-state index in [4.69, 9.17) is 12.1 Å². The molecule has 0 radical (unpaired) electrons. The SMILES string of the molecule is [2H]C1(c2ccc3c(n2)oc2c(-c4cc(C([2H])([2H])C(C)(C)C)cc[n+]4C)c(C)ccc23)CC2CCC1C2. The van der Waals surface area contributed by atoms with Crippen molar-refractivity contribution in [1.29, 1.82) is 0 Å². The van der Waals surface area contributed by atoms with Crippen molar-refractivity contribution >= 4 is 22.1 Å². The molecule has 0 saturated heterocycles. The predicted octanol–water partition coefficient (Wildman–Crippen LogP) is 7.27. The standard InChI is InChI=1S/C30H35N2O/c1-18-6-9-22-23-10-11-25(24-15-19-7-8-21(24)14-19)31-29(23)33-28(22)27(18)26-16-20(12-13-32(26)5)17-30(2,3)4/h6,9-13,16,19,21,24H,7-8,14-15,17H2,1-5H3/q+1/i17D2,24D. The molecule has 2 aliphatic carbocycles. The third-order valence-corrected chi connectivity index (χ3v) is 7.51. The van der Waals surface area contributed by atoms with Crippen LogP contribution in [-0.4, -0.2) is 4.98 Å². The second kappa shape index (κ2) is 7.41. The molecular weight excluding hydrogens is 404 g/mol. The monoisotopic (exact) mass is 442 g/mol. The molecule has 1 aromatic carbocycles. The predicted molar refractivity (Wildman–Crippen MR) is 134 cm³/mol. The van der Waals surface area contributed by atoms with Gasteiger partial charge in [-0.3, -0.25) is 0 Å². The van der Waals surface area contributed by atoms with Crippen LogP contribution in [0, 0.1) is 24.2 Å². The molecule has 3 atom stereocenters. The first-order valence-electron chi connectivity index (χ1n) is 13.7. The number of aryl methyl sites for hydroxylation is 2. The summed E-state index contributed by atoms with van der Waals surface area (Å²) in [7, 11) is 1.99. The molecule has 6 rings (SSSR count). The molecule has 3 aromatic heterocycles. The van der Waals surface area contributed by atoms with Crippen LogP contribution >= 0.6 is 0 Å². The molecule has 0 aliphatic heterocycles. The molecule has 0 spiro atoms. The minimum atomic E-state index is -1.49. The summed E-state index contributed by atoms with van der Waals surface area (Å²) in [5.41, 5.74) is 5.24. The Kier molecular flexibility index (Phi) is 3.99. The summed E-state index contributed by atoms with van der Waals surface area (Å²) in [5.74, 6) is 0.458. The summed E-state index contributed by atoms with van der Waals surface area (Å²) in [6.07, 6.45) is 4.88. The van der Waals surface area contributed by atoms with E-state index in [1.807, 2.05) is 56.8 Å². The molecular formula is C30H35N2O+. The maximum atomic E-state index is 9.25. The van der Waals surface area contributed by atoms with E-state index in [9.17, 15) is 1.37 Å². The average Bonchev–Trinajstić information content (AvgIpc) is 3.51. The number of aromatic nitrogens is 2. The Morgan fingerprint density at radius 1 is 1.12 bits per heavy atom. The van der Waals surface area contributed by atoms with Crippen molar-refractivity contribution in [2.45, 2.75) is 65.6 Å². The Morgan fingerprint density at radius 3 is 2.67 bits per heavy atom. The summed E-state index contributed by atoms with van der Waals surface area (Å²) in [6, 6.07) is 12.2. The van der Waals surface area contributed by atoms with Gasteiger partial charge in [-0.15, -0.1) is 0 Å². The third kappa shape index (κ3) is 3.57. The van der Waals surface area contributed by atoms with Gasteiger partial charge in [-0.05, 0) is 73.1 Å². The van der Waals surface area contributed by atoms with Gasteiger partial charge in [0.05, 0.1) is 5.56 Å². The first-order valence-corrected chi connectivity index (χ1v) is 12.2. The highest BCUT2D eigenvalue weighted by molar-refractivity contribution is 6.08. The summed E-state index contributed by atoms with van der Waals surface area (Å²) >= 11 is 0. The first kappa shape index (κ1) is 17.8. The van der Waals surface area contributed by atoms with Gasteiger partial charge in [0.15, 0.2) is 11.8 Å². The van der Waals surface area contributed by atoms with Gasteiger partial charge in [0.25, 0.3) is 0 Å². The highest BCUT2D eigenvalue weighted by Gasteiger charge is 2.41. The minimum absolute atomic E-state index is 0.397. The zero-order chi connectivity index (χ0) is 25.6. The second-order valence-corrected chi connectivity index (χ2v) is 11.2. The van der Waals surface area contributed by atoms with Crippen LogP contribution in [0.5, 0.6) is 0 Å². The summed E-state index contributed by atoms with van der Waals surface area (Å²) in [5, 5.41) is 1.96. The van der Waals surface area contributed by atoms with Crippen LogP contribution in [0.15, 0.2) is 47.0 Å². The molecule has 3 heteroatoms. The molecule has 2 fully saturated rings. The number of hydrogen-bond donors (Lipinski definition) is 0. The van der Waals surface area contributed by atoms with E-state index in [-0.39, 0.29) is 0 Å². The number of benzene rings is 1. The maximum absolute atomic E-state index is 9.25. The van der Waals surface area contributed by atoms with Crippen molar-refractivity contribution in [2.24, 2.45) is 24.3 Å². The van der Waals surface area contributed by atoms with Crippen molar-refractivity contribution in [3.8, 4) is 11.3 Å². The van der Waals surface area contributed by atoms with E-state index in [1.165, 1.54) is 6.42 Å². The fourth-order valence-corrected chi connectivity index (χ4v) is 6.01. The van der Waals surface area contributed by atoms with Gasteiger partial charge < -0.3 is 4.42 Å². The lowest BCUT2D eigenvalue weighted by Crippen LogP contribution is -2.31. The molecule has 33 heavy (non-hydrogen) atoms. The van der Waals surface area contributed by atoms with Crippen molar-refractivity contribution in [1.82, 2.24) is 4.98 Å². The van der Waals surface area contributed by atoms with Crippen LogP contribution in [0.1, 0.15) is 73.3 Å². The van der Waals surface area contributed by atoms with E-state index in [1.54, 1.807) is 0 Å². The number of pyridine rings is 2. The molecule has 0 amide bonds. The summed E-state index contributed by atoms with van der Waals surface area (Å²) in [6.45, 7) is 7.87. The van der Waals surface area contributed by atoms with E-state index < -0.39 is 17.7 Å². The molecule has 2 aliphatic rings. The van der Waals surface area contributed by atoms with Gasteiger partial charge in [-0.1, -0.05) is 39.3 Å². The van der Waals surface area contributed by atoms with Gasteiger partial charge in [0.2, 0.25) is 11.4 Å². The molecule has 4 aromatic rings. The Labute approximate surface area is 201 Å². The Balaban J connectivity index is 1.53. The summed E-state index contributed by atoms with van der Waals surface area (Å²) in [4.78, 5) is 4.94. The molecule has 2 saturated carbocycles. The van der Waals surface area contributed by atoms with Crippen LogP contribution < -0.4 is 4.57 Å². The zero-order valence-corrected chi connectivity index (χ0v) is 20.3. The highest BCUT2D eigenvalue weighted by Crippen LogP contribution is 2.52. The Morgan fingerprint density at radius 2 is 1.94 bits per heavy atom. The number of nitrogens with zero attached hydrogens (tertiary/aromatic N) is 2. The normalized spacial score (nSPS) is 26.6. The van der Waals surface area contributed by atoms with Crippen LogP contribution in [0.2, 0.25) is 0 Å². The lowest BCUT2D eigenvalue weighted by Gasteiger charge is -2.20. The fraction of sp³-hybridized carbons (Fsp3) is 0.467. The lowest BCUT2D eigenvalue weighted by atomic mass is 9.86. The van der Waals surface area contributed by atoms with Crippen LogP contribution in [0.3, 0.4) is 0 Å². The topological polar surface area (TPSA) is 29.9 Å². The van der Waals surface area contributed by atoms with Crippen molar-refractivity contribution in [3.05, 3.63) is 59.4 Å². The van der Waals surface area contributed by atoms with Crippen LogP contribution in [0.4, 0.5) is 0 Å². The van der Waals surface area contributed by atoms with Crippen molar-refractivity contribution in [2.75, 3.05) is 0 Å². The average molecular weight is 443 g/mol. The third-order valence-electron chi connectivity index (χ3n) is 7.51. The van der Waals surface area contributed by atoms with Crippen LogP contribution in [0.25, 0.3) is 33.3 Å². The van der Waals surface area contributed by atoms with Crippen molar-refractivity contribution in [3.63, 3.8) is 0 Å².